The third-order valence-electron chi connectivity index (χ3n) is 5.66. The van der Waals surface area contributed by atoms with E-state index in [9.17, 15) is 9.59 Å². The van der Waals surface area contributed by atoms with E-state index in [2.05, 4.69) is 36.1 Å². The lowest BCUT2D eigenvalue weighted by atomic mass is 10.1. The predicted octanol–water partition coefficient (Wildman–Crippen LogP) is 1.78. The van der Waals surface area contributed by atoms with Crippen LogP contribution >= 0.6 is 11.8 Å². The van der Waals surface area contributed by atoms with Gasteiger partial charge in [0.05, 0.1) is 4.87 Å². The molecular weight excluding hydrogens is 334 g/mol. The molecule has 0 spiro atoms. The molecule has 25 heavy (non-hydrogen) atoms. The summed E-state index contributed by atoms with van der Waals surface area (Å²) in [4.78, 5) is 31.3. The molecule has 134 valence electrons. The van der Waals surface area contributed by atoms with Crippen molar-refractivity contribution in [2.24, 2.45) is 0 Å². The molecule has 2 unspecified atom stereocenters. The summed E-state index contributed by atoms with van der Waals surface area (Å²) in [5, 5.41) is 0. The quantitative estimate of drug-likeness (QED) is 0.825. The fraction of sp³-hybridized carbons (Fsp3) is 0.579. The lowest BCUT2D eigenvalue weighted by Gasteiger charge is -2.38. The molecule has 0 N–H and O–H groups in total. The third kappa shape index (κ3) is 3.17. The molecule has 1 aromatic rings. The Morgan fingerprint density at radius 3 is 2.64 bits per heavy atom. The molecule has 0 radical (unpaired) electrons. The minimum Gasteiger partial charge on any atom is -0.338 e. The number of carbonyl (C=O) groups excluding carboxylic acids is 2. The number of benzene rings is 1. The van der Waals surface area contributed by atoms with Gasteiger partial charge >= 0.3 is 0 Å². The highest BCUT2D eigenvalue weighted by Gasteiger charge is 2.53. The van der Waals surface area contributed by atoms with Gasteiger partial charge in [-0.1, -0.05) is 30.3 Å². The van der Waals surface area contributed by atoms with Crippen molar-refractivity contribution in [3.8, 4) is 0 Å². The van der Waals surface area contributed by atoms with Gasteiger partial charge in [0, 0.05) is 44.9 Å². The summed E-state index contributed by atoms with van der Waals surface area (Å²) in [6.45, 7) is 6.34. The maximum atomic E-state index is 13.0. The number of amides is 2. The van der Waals surface area contributed by atoms with Gasteiger partial charge < -0.3 is 9.80 Å². The van der Waals surface area contributed by atoms with Crippen LogP contribution < -0.4 is 0 Å². The number of rotatable bonds is 3. The van der Waals surface area contributed by atoms with Gasteiger partial charge in [-0.05, 0) is 18.9 Å². The van der Waals surface area contributed by atoms with E-state index in [0.717, 1.165) is 44.9 Å². The molecule has 0 aliphatic carbocycles. The summed E-state index contributed by atoms with van der Waals surface area (Å²) in [5.41, 5.74) is 1.31. The summed E-state index contributed by atoms with van der Waals surface area (Å²) >= 11 is 1.77. The van der Waals surface area contributed by atoms with Crippen molar-refractivity contribution in [3.05, 3.63) is 35.9 Å². The first kappa shape index (κ1) is 16.9. The number of hydrogen-bond acceptors (Lipinski definition) is 4. The van der Waals surface area contributed by atoms with Crippen LogP contribution in [0.4, 0.5) is 0 Å². The molecule has 5 nitrogen and oxygen atoms in total. The average molecular weight is 359 g/mol. The van der Waals surface area contributed by atoms with Crippen molar-refractivity contribution in [2.45, 2.75) is 37.2 Å². The number of thioether (sulfide) groups is 1. The van der Waals surface area contributed by atoms with Gasteiger partial charge in [-0.3, -0.25) is 14.5 Å². The Hall–Kier alpha value is -1.53. The van der Waals surface area contributed by atoms with E-state index in [1.54, 1.807) is 11.8 Å². The molecule has 2 atom stereocenters. The second-order valence-corrected chi connectivity index (χ2v) is 8.85. The second kappa shape index (κ2) is 6.65. The topological polar surface area (TPSA) is 43.9 Å². The maximum absolute atomic E-state index is 13.0. The highest BCUT2D eigenvalue weighted by atomic mass is 32.2. The average Bonchev–Trinajstić information content (AvgIpc) is 3.12. The Balaban J connectivity index is 1.35. The monoisotopic (exact) mass is 359 g/mol. The summed E-state index contributed by atoms with van der Waals surface area (Å²) in [7, 11) is 0. The van der Waals surface area contributed by atoms with Gasteiger partial charge in [0.2, 0.25) is 11.8 Å². The number of piperazine rings is 1. The van der Waals surface area contributed by atoms with Crippen LogP contribution in [0.2, 0.25) is 0 Å². The summed E-state index contributed by atoms with van der Waals surface area (Å²) in [5.74, 6) is 1.03. The predicted molar refractivity (Wildman–Crippen MR) is 99.0 cm³/mol. The fourth-order valence-electron chi connectivity index (χ4n) is 4.18. The van der Waals surface area contributed by atoms with Crippen LogP contribution in [0.3, 0.4) is 0 Å². The van der Waals surface area contributed by atoms with Crippen LogP contribution in [0, 0.1) is 0 Å². The molecule has 3 aliphatic rings. The maximum Gasteiger partial charge on any atom is 0.246 e. The Bertz CT molecular complexity index is 660. The smallest absolute Gasteiger partial charge is 0.246 e. The summed E-state index contributed by atoms with van der Waals surface area (Å²) < 4.78 is 0. The van der Waals surface area contributed by atoms with E-state index in [0.29, 0.717) is 6.42 Å². The van der Waals surface area contributed by atoms with Gasteiger partial charge in [-0.2, -0.15) is 0 Å². The number of nitrogens with zero attached hydrogens (tertiary/aromatic N) is 3. The molecule has 0 bridgehead atoms. The van der Waals surface area contributed by atoms with E-state index in [4.69, 9.17) is 0 Å². The van der Waals surface area contributed by atoms with Gasteiger partial charge in [-0.15, -0.1) is 11.8 Å². The lowest BCUT2D eigenvalue weighted by molar-refractivity contribution is -0.144. The highest BCUT2D eigenvalue weighted by molar-refractivity contribution is 8.01. The van der Waals surface area contributed by atoms with Crippen LogP contribution in [0.1, 0.15) is 25.3 Å². The lowest BCUT2D eigenvalue weighted by Crippen LogP contribution is -2.56. The Morgan fingerprint density at radius 1 is 1.20 bits per heavy atom. The minimum atomic E-state index is -0.259. The van der Waals surface area contributed by atoms with E-state index < -0.39 is 0 Å². The van der Waals surface area contributed by atoms with Crippen molar-refractivity contribution in [2.75, 3.05) is 31.9 Å². The zero-order valence-corrected chi connectivity index (χ0v) is 15.5. The normalized spacial score (nSPS) is 30.0. The van der Waals surface area contributed by atoms with Crippen LogP contribution in [0.5, 0.6) is 0 Å². The summed E-state index contributed by atoms with van der Waals surface area (Å²) in [6, 6.07) is 10.2. The van der Waals surface area contributed by atoms with Gasteiger partial charge in [-0.25, -0.2) is 0 Å². The molecule has 3 saturated heterocycles. The zero-order valence-electron chi connectivity index (χ0n) is 14.7. The largest absolute Gasteiger partial charge is 0.338 e. The molecule has 3 heterocycles. The van der Waals surface area contributed by atoms with Crippen molar-refractivity contribution in [3.63, 3.8) is 0 Å². The van der Waals surface area contributed by atoms with Crippen LogP contribution in [-0.4, -0.2) is 69.4 Å². The Morgan fingerprint density at radius 2 is 1.92 bits per heavy atom. The van der Waals surface area contributed by atoms with Crippen molar-refractivity contribution in [1.82, 2.24) is 14.7 Å². The van der Waals surface area contributed by atoms with Crippen LogP contribution in [0.25, 0.3) is 0 Å². The zero-order chi connectivity index (χ0) is 17.4. The molecule has 1 aromatic carbocycles. The van der Waals surface area contributed by atoms with E-state index in [-0.39, 0.29) is 22.7 Å². The second-order valence-electron chi connectivity index (χ2n) is 7.35. The molecule has 3 fully saturated rings. The van der Waals surface area contributed by atoms with Crippen molar-refractivity contribution >= 4 is 23.6 Å². The third-order valence-corrected chi connectivity index (χ3v) is 7.17. The van der Waals surface area contributed by atoms with Gasteiger partial charge in [0.25, 0.3) is 0 Å². The Kier molecular flexibility index (Phi) is 4.50. The molecule has 0 saturated carbocycles. The van der Waals surface area contributed by atoms with Crippen molar-refractivity contribution in [1.29, 1.82) is 0 Å². The van der Waals surface area contributed by atoms with Gasteiger partial charge in [0.1, 0.15) is 6.04 Å². The standard InChI is InChI=1S/C19H25N3O2S/c1-19-8-7-17(23)22(19)16(14-25-19)18(24)21-11-9-20(10-12-21)13-15-5-3-2-4-6-15/h2-6,16H,7-14H2,1H3. The van der Waals surface area contributed by atoms with Crippen LogP contribution in [-0.2, 0) is 16.1 Å². The first-order valence-corrected chi connectivity index (χ1v) is 10.1. The fourth-order valence-corrected chi connectivity index (χ4v) is 5.61. The van der Waals surface area contributed by atoms with E-state index in [1.165, 1.54) is 5.56 Å². The minimum absolute atomic E-state index is 0.144. The molecule has 6 heteroatoms. The van der Waals surface area contributed by atoms with E-state index >= 15 is 0 Å². The molecule has 3 aliphatic heterocycles. The number of hydrogen-bond donors (Lipinski definition) is 0. The molecule has 0 aromatic heterocycles. The number of carbonyl (C=O) groups is 2. The molecule has 2 amide bonds. The number of fused-ring (bicyclic) bond motifs is 1. The van der Waals surface area contributed by atoms with Crippen molar-refractivity contribution < 1.29 is 9.59 Å². The van der Waals surface area contributed by atoms with Crippen LogP contribution in [0.15, 0.2) is 30.3 Å². The first-order valence-electron chi connectivity index (χ1n) is 9.08. The van der Waals surface area contributed by atoms with Gasteiger partial charge in [0.15, 0.2) is 0 Å². The van der Waals surface area contributed by atoms with E-state index in [1.807, 2.05) is 15.9 Å². The summed E-state index contributed by atoms with van der Waals surface area (Å²) in [6.07, 6.45) is 1.45. The highest BCUT2D eigenvalue weighted by Crippen LogP contribution is 2.47. The first-order chi connectivity index (χ1) is 12.1. The Labute approximate surface area is 153 Å². The molecule has 4 rings (SSSR count). The SMILES string of the molecule is CC12CCC(=O)N1C(C(=O)N1CCN(Cc3ccccc3)CC1)CS2. The molecular formula is C19H25N3O2S.